The molecule has 2 atom stereocenters. The zero-order valence-corrected chi connectivity index (χ0v) is 10.1. The quantitative estimate of drug-likeness (QED) is 0.727. The number of hydrogen-bond acceptors (Lipinski definition) is 2. The Kier molecular flexibility index (Phi) is 4.93. The van der Waals surface area contributed by atoms with Crippen molar-refractivity contribution in [1.29, 1.82) is 0 Å². The molecule has 0 aromatic heterocycles. The van der Waals surface area contributed by atoms with Crippen molar-refractivity contribution in [3.63, 3.8) is 0 Å². The predicted molar refractivity (Wildman–Crippen MR) is 59.8 cm³/mol. The van der Waals surface area contributed by atoms with Crippen LogP contribution in [0.5, 0.6) is 0 Å². The summed E-state index contributed by atoms with van der Waals surface area (Å²) in [5.41, 5.74) is 6.10. The lowest BCUT2D eigenvalue weighted by Gasteiger charge is -2.41. The standard InChI is InChI=1S/C11H26N2/c1-7-9(8-12)10(13(5)6)11(2,3)4/h9-10H,7-8,12H2,1-6H3. The topological polar surface area (TPSA) is 29.3 Å². The lowest BCUT2D eigenvalue weighted by atomic mass is 9.77. The van der Waals surface area contributed by atoms with Gasteiger partial charge in [0.1, 0.15) is 0 Å². The minimum absolute atomic E-state index is 0.309. The molecule has 0 aromatic rings. The maximum absolute atomic E-state index is 5.79. The van der Waals surface area contributed by atoms with E-state index in [9.17, 15) is 0 Å². The first-order chi connectivity index (χ1) is 5.84. The molecule has 80 valence electrons. The third kappa shape index (κ3) is 3.65. The van der Waals surface area contributed by atoms with Crippen molar-refractivity contribution < 1.29 is 0 Å². The molecule has 2 nitrogen and oxygen atoms in total. The summed E-state index contributed by atoms with van der Waals surface area (Å²) < 4.78 is 0. The molecule has 2 unspecified atom stereocenters. The van der Waals surface area contributed by atoms with Gasteiger partial charge in [0.15, 0.2) is 0 Å². The van der Waals surface area contributed by atoms with Crippen LogP contribution in [0.4, 0.5) is 0 Å². The third-order valence-corrected chi connectivity index (χ3v) is 2.72. The highest BCUT2D eigenvalue weighted by Gasteiger charge is 2.31. The molecule has 2 heteroatoms. The van der Waals surface area contributed by atoms with E-state index in [1.54, 1.807) is 0 Å². The first kappa shape index (κ1) is 12.9. The zero-order chi connectivity index (χ0) is 10.6. The van der Waals surface area contributed by atoms with E-state index in [-0.39, 0.29) is 0 Å². The van der Waals surface area contributed by atoms with Crippen molar-refractivity contribution in [3.05, 3.63) is 0 Å². The number of nitrogens with two attached hydrogens (primary N) is 1. The van der Waals surface area contributed by atoms with Crippen molar-refractivity contribution in [2.45, 2.75) is 40.2 Å². The van der Waals surface area contributed by atoms with Crippen LogP contribution < -0.4 is 5.73 Å². The summed E-state index contributed by atoms with van der Waals surface area (Å²) in [4.78, 5) is 2.31. The summed E-state index contributed by atoms with van der Waals surface area (Å²) in [6.07, 6.45) is 1.16. The second-order valence-electron chi connectivity index (χ2n) is 5.18. The van der Waals surface area contributed by atoms with Crippen molar-refractivity contribution in [2.75, 3.05) is 20.6 Å². The van der Waals surface area contributed by atoms with Gasteiger partial charge in [0.2, 0.25) is 0 Å². The molecule has 0 spiro atoms. The van der Waals surface area contributed by atoms with Crippen molar-refractivity contribution >= 4 is 0 Å². The van der Waals surface area contributed by atoms with Crippen LogP contribution in [0.3, 0.4) is 0 Å². The molecular weight excluding hydrogens is 160 g/mol. The fourth-order valence-corrected chi connectivity index (χ4v) is 2.42. The van der Waals surface area contributed by atoms with Crippen LogP contribution in [-0.4, -0.2) is 31.6 Å². The Labute approximate surface area is 83.5 Å². The summed E-state index contributed by atoms with van der Waals surface area (Å²) in [6, 6.07) is 0.572. The number of nitrogens with zero attached hydrogens (tertiary/aromatic N) is 1. The van der Waals surface area contributed by atoms with Gasteiger partial charge in [-0.05, 0) is 32.0 Å². The number of hydrogen-bond donors (Lipinski definition) is 1. The van der Waals surface area contributed by atoms with Gasteiger partial charge in [0, 0.05) is 6.04 Å². The van der Waals surface area contributed by atoms with Gasteiger partial charge < -0.3 is 10.6 Å². The molecular formula is C11H26N2. The highest BCUT2D eigenvalue weighted by atomic mass is 15.1. The van der Waals surface area contributed by atoms with Crippen LogP contribution in [0.25, 0.3) is 0 Å². The number of rotatable bonds is 4. The maximum Gasteiger partial charge on any atom is 0.0178 e. The molecule has 0 amide bonds. The SMILES string of the molecule is CCC(CN)C(N(C)C)C(C)(C)C. The first-order valence-electron chi connectivity index (χ1n) is 5.21. The van der Waals surface area contributed by atoms with Gasteiger partial charge in [0.25, 0.3) is 0 Å². The van der Waals surface area contributed by atoms with E-state index < -0.39 is 0 Å². The third-order valence-electron chi connectivity index (χ3n) is 2.72. The van der Waals surface area contributed by atoms with Crippen LogP contribution in [-0.2, 0) is 0 Å². The van der Waals surface area contributed by atoms with Crippen molar-refractivity contribution in [1.82, 2.24) is 4.90 Å². The smallest absolute Gasteiger partial charge is 0.0178 e. The fourth-order valence-electron chi connectivity index (χ4n) is 2.42. The molecule has 0 heterocycles. The average molecular weight is 186 g/mol. The summed E-state index contributed by atoms with van der Waals surface area (Å²) in [5, 5.41) is 0. The highest BCUT2D eigenvalue weighted by molar-refractivity contribution is 4.86. The minimum Gasteiger partial charge on any atom is -0.330 e. The van der Waals surface area contributed by atoms with Gasteiger partial charge in [-0.1, -0.05) is 34.1 Å². The monoisotopic (exact) mass is 186 g/mol. The average Bonchev–Trinajstić information content (AvgIpc) is 1.96. The van der Waals surface area contributed by atoms with Gasteiger partial charge in [-0.15, -0.1) is 0 Å². The molecule has 0 fully saturated rings. The Bertz CT molecular complexity index is 132. The second kappa shape index (κ2) is 4.97. The van der Waals surface area contributed by atoms with Crippen molar-refractivity contribution in [3.8, 4) is 0 Å². The van der Waals surface area contributed by atoms with E-state index in [0.717, 1.165) is 13.0 Å². The van der Waals surface area contributed by atoms with E-state index in [1.165, 1.54) is 0 Å². The van der Waals surface area contributed by atoms with E-state index in [2.05, 4.69) is 46.7 Å². The Morgan fingerprint density at radius 1 is 1.23 bits per heavy atom. The van der Waals surface area contributed by atoms with Crippen LogP contribution in [0, 0.1) is 11.3 Å². The first-order valence-corrected chi connectivity index (χ1v) is 5.21. The molecule has 0 rings (SSSR count). The molecule has 0 aliphatic heterocycles. The highest BCUT2D eigenvalue weighted by Crippen LogP contribution is 2.29. The van der Waals surface area contributed by atoms with Gasteiger partial charge >= 0.3 is 0 Å². The molecule has 0 radical (unpaired) electrons. The normalized spacial score (nSPS) is 17.5. The lowest BCUT2D eigenvalue weighted by molar-refractivity contribution is 0.0936. The van der Waals surface area contributed by atoms with Gasteiger partial charge in [-0.2, -0.15) is 0 Å². The van der Waals surface area contributed by atoms with Crippen LogP contribution >= 0.6 is 0 Å². The van der Waals surface area contributed by atoms with Gasteiger partial charge in [0.05, 0.1) is 0 Å². The Morgan fingerprint density at radius 2 is 1.69 bits per heavy atom. The summed E-state index contributed by atoms with van der Waals surface area (Å²) in [5.74, 6) is 0.606. The molecule has 0 saturated carbocycles. The zero-order valence-electron chi connectivity index (χ0n) is 10.1. The summed E-state index contributed by atoms with van der Waals surface area (Å²) in [6.45, 7) is 9.87. The molecule has 13 heavy (non-hydrogen) atoms. The molecule has 0 aliphatic rings. The molecule has 0 saturated heterocycles. The largest absolute Gasteiger partial charge is 0.330 e. The van der Waals surface area contributed by atoms with E-state index >= 15 is 0 Å². The van der Waals surface area contributed by atoms with Crippen LogP contribution in [0.1, 0.15) is 34.1 Å². The summed E-state index contributed by atoms with van der Waals surface area (Å²) in [7, 11) is 4.29. The molecule has 0 aromatic carbocycles. The summed E-state index contributed by atoms with van der Waals surface area (Å²) >= 11 is 0. The molecule has 0 bridgehead atoms. The molecule has 0 aliphatic carbocycles. The minimum atomic E-state index is 0.309. The Morgan fingerprint density at radius 3 is 1.77 bits per heavy atom. The second-order valence-corrected chi connectivity index (χ2v) is 5.18. The van der Waals surface area contributed by atoms with E-state index in [1.807, 2.05) is 0 Å². The fraction of sp³-hybridized carbons (Fsp3) is 1.00. The van der Waals surface area contributed by atoms with Crippen molar-refractivity contribution in [2.24, 2.45) is 17.1 Å². The predicted octanol–water partition coefficient (Wildman–Crippen LogP) is 1.95. The van der Waals surface area contributed by atoms with Crippen LogP contribution in [0.15, 0.2) is 0 Å². The van der Waals surface area contributed by atoms with E-state index in [0.29, 0.717) is 17.4 Å². The maximum atomic E-state index is 5.79. The molecule has 2 N–H and O–H groups in total. The van der Waals surface area contributed by atoms with Gasteiger partial charge in [-0.3, -0.25) is 0 Å². The Hall–Kier alpha value is -0.0800. The van der Waals surface area contributed by atoms with Gasteiger partial charge in [-0.25, -0.2) is 0 Å². The Balaban J connectivity index is 4.59. The van der Waals surface area contributed by atoms with Crippen LogP contribution in [0.2, 0.25) is 0 Å². The lowest BCUT2D eigenvalue weighted by Crippen LogP contribution is -2.47. The van der Waals surface area contributed by atoms with E-state index in [4.69, 9.17) is 5.73 Å².